The normalized spacial score (nSPS) is 17.3. The smallest absolute Gasteiger partial charge is 0.325 e. The fourth-order valence-corrected chi connectivity index (χ4v) is 3.94. The molecular formula is C25H23FN4O5. The Hall–Kier alpha value is -4.47. The van der Waals surface area contributed by atoms with Crippen LogP contribution in [0, 0.1) is 5.82 Å². The van der Waals surface area contributed by atoms with Crippen molar-refractivity contribution in [3.8, 4) is 0 Å². The summed E-state index contributed by atoms with van der Waals surface area (Å²) in [7, 11) is 0. The molecule has 1 aliphatic rings. The maximum atomic E-state index is 13.4. The minimum atomic E-state index is -1.39. The van der Waals surface area contributed by atoms with E-state index in [1.165, 1.54) is 36.6 Å². The van der Waals surface area contributed by atoms with Gasteiger partial charge in [0.15, 0.2) is 0 Å². The Morgan fingerprint density at radius 1 is 1.06 bits per heavy atom. The van der Waals surface area contributed by atoms with E-state index in [0.717, 1.165) is 4.90 Å². The fourth-order valence-electron chi connectivity index (χ4n) is 3.94. The number of furan rings is 1. The highest BCUT2D eigenvalue weighted by Crippen LogP contribution is 2.32. The third-order valence-corrected chi connectivity index (χ3v) is 5.79. The van der Waals surface area contributed by atoms with Crippen LogP contribution < -0.4 is 16.0 Å². The average molecular weight is 478 g/mol. The molecule has 1 fully saturated rings. The third kappa shape index (κ3) is 4.77. The van der Waals surface area contributed by atoms with Crippen molar-refractivity contribution in [3.63, 3.8) is 0 Å². The summed E-state index contributed by atoms with van der Waals surface area (Å²) >= 11 is 0. The molecule has 0 radical (unpaired) electrons. The van der Waals surface area contributed by atoms with Crippen LogP contribution in [-0.2, 0) is 21.7 Å². The molecule has 1 saturated heterocycles. The number of rotatable bonds is 8. The van der Waals surface area contributed by atoms with Crippen molar-refractivity contribution < 1.29 is 28.0 Å². The van der Waals surface area contributed by atoms with Crippen LogP contribution in [0.4, 0.5) is 14.9 Å². The third-order valence-electron chi connectivity index (χ3n) is 5.79. The zero-order valence-electron chi connectivity index (χ0n) is 18.8. The molecule has 1 atom stereocenters. The number of imide groups is 1. The Balaban J connectivity index is 1.46. The lowest BCUT2D eigenvalue weighted by molar-refractivity contribution is -0.134. The Kier molecular flexibility index (Phi) is 6.63. The second-order valence-corrected chi connectivity index (χ2v) is 7.94. The first kappa shape index (κ1) is 23.7. The van der Waals surface area contributed by atoms with Crippen LogP contribution in [0.1, 0.15) is 35.0 Å². The molecule has 0 spiro atoms. The van der Waals surface area contributed by atoms with E-state index < -0.39 is 41.7 Å². The van der Waals surface area contributed by atoms with Crippen LogP contribution in [-0.4, -0.2) is 35.2 Å². The van der Waals surface area contributed by atoms with Gasteiger partial charge in [-0.3, -0.25) is 19.3 Å². The molecule has 2 heterocycles. The van der Waals surface area contributed by atoms with E-state index in [4.69, 9.17) is 4.42 Å². The van der Waals surface area contributed by atoms with E-state index in [0.29, 0.717) is 11.3 Å². The summed E-state index contributed by atoms with van der Waals surface area (Å²) in [6, 6.07) is 14.3. The lowest BCUT2D eigenvalue weighted by Crippen LogP contribution is -2.44. The van der Waals surface area contributed by atoms with Gasteiger partial charge < -0.3 is 20.4 Å². The molecule has 4 rings (SSSR count). The van der Waals surface area contributed by atoms with Gasteiger partial charge in [0.1, 0.15) is 23.7 Å². The van der Waals surface area contributed by atoms with Crippen LogP contribution in [0.3, 0.4) is 0 Å². The van der Waals surface area contributed by atoms with Gasteiger partial charge in [0, 0.05) is 0 Å². The molecule has 0 bridgehead atoms. The summed E-state index contributed by atoms with van der Waals surface area (Å²) in [5, 5.41) is 7.95. The number of hydrogen-bond donors (Lipinski definition) is 3. The van der Waals surface area contributed by atoms with Crippen molar-refractivity contribution in [2.75, 3.05) is 11.9 Å². The van der Waals surface area contributed by atoms with Gasteiger partial charge in [-0.25, -0.2) is 9.18 Å². The standard InChI is InChI=1S/C25H23FN4O5/c1-2-25(16-9-11-17(26)12-10-16)23(33)30(24(34)29-25)15-21(31)28-20-8-4-3-7-19(20)22(32)27-14-18-6-5-13-35-18/h3-13H,2,14-15H2,1H3,(H,27,32)(H,28,31)(H,29,34)/t25-/m0/s1. The first-order valence-electron chi connectivity index (χ1n) is 10.9. The van der Waals surface area contributed by atoms with Gasteiger partial charge in [-0.05, 0) is 48.4 Å². The summed E-state index contributed by atoms with van der Waals surface area (Å²) in [4.78, 5) is 52.1. The van der Waals surface area contributed by atoms with Gasteiger partial charge in [-0.1, -0.05) is 31.2 Å². The van der Waals surface area contributed by atoms with Crippen LogP contribution in [0.2, 0.25) is 0 Å². The SMILES string of the molecule is CC[C@@]1(c2ccc(F)cc2)NC(=O)N(CC(=O)Nc2ccccc2C(=O)NCc2ccco2)C1=O. The van der Waals surface area contributed by atoms with Crippen molar-refractivity contribution in [2.45, 2.75) is 25.4 Å². The second kappa shape index (κ2) is 9.80. The summed E-state index contributed by atoms with van der Waals surface area (Å²) in [6.45, 7) is 1.32. The van der Waals surface area contributed by atoms with E-state index in [9.17, 15) is 23.6 Å². The number of benzene rings is 2. The molecular weight excluding hydrogens is 455 g/mol. The Labute approximate surface area is 200 Å². The van der Waals surface area contributed by atoms with E-state index in [2.05, 4.69) is 16.0 Å². The number of carbonyl (C=O) groups excluding carboxylic acids is 4. The summed E-state index contributed by atoms with van der Waals surface area (Å²) in [6.07, 6.45) is 1.70. The number of halogens is 1. The predicted octanol–water partition coefficient (Wildman–Crippen LogP) is 3.14. The zero-order chi connectivity index (χ0) is 25.0. The maximum Gasteiger partial charge on any atom is 0.325 e. The zero-order valence-corrected chi connectivity index (χ0v) is 18.8. The molecule has 0 aliphatic carbocycles. The van der Waals surface area contributed by atoms with Crippen molar-refractivity contribution in [1.29, 1.82) is 0 Å². The molecule has 10 heteroatoms. The Morgan fingerprint density at radius 2 is 1.80 bits per heavy atom. The van der Waals surface area contributed by atoms with Crippen molar-refractivity contribution in [3.05, 3.63) is 89.6 Å². The number of anilines is 1. The topological polar surface area (TPSA) is 121 Å². The van der Waals surface area contributed by atoms with Crippen molar-refractivity contribution in [2.24, 2.45) is 0 Å². The van der Waals surface area contributed by atoms with Gasteiger partial charge in [0.2, 0.25) is 5.91 Å². The van der Waals surface area contributed by atoms with Gasteiger partial charge in [-0.15, -0.1) is 0 Å². The van der Waals surface area contributed by atoms with Crippen molar-refractivity contribution >= 4 is 29.4 Å². The maximum absolute atomic E-state index is 13.4. The van der Waals surface area contributed by atoms with Crippen LogP contribution in [0.5, 0.6) is 0 Å². The molecule has 3 aromatic rings. The van der Waals surface area contributed by atoms with E-state index in [-0.39, 0.29) is 24.2 Å². The van der Waals surface area contributed by atoms with Crippen LogP contribution >= 0.6 is 0 Å². The average Bonchev–Trinajstić information content (AvgIpc) is 3.46. The largest absolute Gasteiger partial charge is 0.467 e. The summed E-state index contributed by atoms with van der Waals surface area (Å²) in [5.41, 5.74) is -0.545. The summed E-state index contributed by atoms with van der Waals surface area (Å²) < 4.78 is 18.6. The lowest BCUT2D eigenvalue weighted by atomic mass is 9.87. The number of amides is 5. The molecule has 1 aliphatic heterocycles. The van der Waals surface area contributed by atoms with E-state index >= 15 is 0 Å². The molecule has 0 unspecified atom stereocenters. The Bertz CT molecular complexity index is 1260. The number of carbonyl (C=O) groups is 4. The molecule has 3 N–H and O–H groups in total. The number of urea groups is 1. The monoisotopic (exact) mass is 478 g/mol. The summed E-state index contributed by atoms with van der Waals surface area (Å²) in [5.74, 6) is -1.62. The number of nitrogens with zero attached hydrogens (tertiary/aromatic N) is 1. The first-order chi connectivity index (χ1) is 16.8. The van der Waals surface area contributed by atoms with Gasteiger partial charge in [0.25, 0.3) is 11.8 Å². The number of nitrogens with one attached hydrogen (secondary N) is 3. The van der Waals surface area contributed by atoms with Gasteiger partial charge in [0.05, 0.1) is 24.1 Å². The molecule has 9 nitrogen and oxygen atoms in total. The first-order valence-corrected chi connectivity index (χ1v) is 10.9. The minimum absolute atomic E-state index is 0.166. The number of hydrogen-bond acceptors (Lipinski definition) is 5. The highest BCUT2D eigenvalue weighted by molar-refractivity contribution is 6.11. The molecule has 0 saturated carbocycles. The molecule has 35 heavy (non-hydrogen) atoms. The predicted molar refractivity (Wildman–Crippen MR) is 124 cm³/mol. The van der Waals surface area contributed by atoms with Gasteiger partial charge >= 0.3 is 6.03 Å². The van der Waals surface area contributed by atoms with Crippen molar-refractivity contribution in [1.82, 2.24) is 15.5 Å². The number of para-hydroxylation sites is 1. The molecule has 1 aromatic heterocycles. The second-order valence-electron chi connectivity index (χ2n) is 7.94. The van der Waals surface area contributed by atoms with Crippen LogP contribution in [0.15, 0.2) is 71.3 Å². The van der Waals surface area contributed by atoms with Crippen LogP contribution in [0.25, 0.3) is 0 Å². The quantitative estimate of drug-likeness (QED) is 0.430. The fraction of sp³-hybridized carbons (Fsp3) is 0.200. The van der Waals surface area contributed by atoms with E-state index in [1.807, 2.05) is 0 Å². The molecule has 2 aromatic carbocycles. The molecule has 5 amide bonds. The Morgan fingerprint density at radius 3 is 2.49 bits per heavy atom. The minimum Gasteiger partial charge on any atom is -0.467 e. The van der Waals surface area contributed by atoms with Gasteiger partial charge in [-0.2, -0.15) is 0 Å². The lowest BCUT2D eigenvalue weighted by Gasteiger charge is -2.25. The molecule has 180 valence electrons. The van der Waals surface area contributed by atoms with E-state index in [1.54, 1.807) is 37.3 Å². The highest BCUT2D eigenvalue weighted by atomic mass is 19.1. The highest BCUT2D eigenvalue weighted by Gasteiger charge is 2.51.